The average Bonchev–Trinajstić information content (AvgIpc) is 2.54. The van der Waals surface area contributed by atoms with Crippen LogP contribution in [-0.2, 0) is 11.2 Å². The topological polar surface area (TPSA) is 64.3 Å². The number of anilines is 2. The fourth-order valence-corrected chi connectivity index (χ4v) is 2.31. The van der Waals surface area contributed by atoms with Crippen LogP contribution in [0.1, 0.15) is 30.9 Å². The average molecular weight is 312 g/mol. The first kappa shape index (κ1) is 16.9. The van der Waals surface area contributed by atoms with Crippen molar-refractivity contribution in [1.82, 2.24) is 0 Å². The van der Waals surface area contributed by atoms with Crippen LogP contribution in [0.3, 0.4) is 0 Å². The smallest absolute Gasteiger partial charge is 0.224 e. The second-order valence-corrected chi connectivity index (χ2v) is 5.57. The summed E-state index contributed by atoms with van der Waals surface area (Å²) < 4.78 is 5.59. The van der Waals surface area contributed by atoms with Gasteiger partial charge in [-0.1, -0.05) is 25.1 Å². The van der Waals surface area contributed by atoms with E-state index in [9.17, 15) is 4.79 Å². The SMILES string of the molecule is CCCOc1ccc(NC(=O)CCc2ccccc2N)c(C)c1. The van der Waals surface area contributed by atoms with Crippen molar-refractivity contribution in [2.75, 3.05) is 17.7 Å². The van der Waals surface area contributed by atoms with Crippen molar-refractivity contribution in [3.8, 4) is 5.75 Å². The molecule has 0 aliphatic carbocycles. The molecule has 3 N–H and O–H groups in total. The van der Waals surface area contributed by atoms with E-state index in [0.29, 0.717) is 19.4 Å². The van der Waals surface area contributed by atoms with E-state index in [2.05, 4.69) is 12.2 Å². The number of nitrogens with two attached hydrogens (primary N) is 1. The largest absolute Gasteiger partial charge is 0.494 e. The number of nitrogen functional groups attached to an aromatic ring is 1. The van der Waals surface area contributed by atoms with E-state index < -0.39 is 0 Å². The van der Waals surface area contributed by atoms with E-state index in [1.807, 2.05) is 49.4 Å². The quantitative estimate of drug-likeness (QED) is 0.761. The lowest BCUT2D eigenvalue weighted by Gasteiger charge is -2.11. The van der Waals surface area contributed by atoms with Crippen LogP contribution in [0, 0.1) is 6.92 Å². The van der Waals surface area contributed by atoms with Crippen molar-refractivity contribution >= 4 is 17.3 Å². The second kappa shape index (κ2) is 8.22. The predicted molar refractivity (Wildman–Crippen MR) is 94.8 cm³/mol. The summed E-state index contributed by atoms with van der Waals surface area (Å²) >= 11 is 0. The van der Waals surface area contributed by atoms with Gasteiger partial charge in [0.25, 0.3) is 0 Å². The number of carbonyl (C=O) groups excluding carboxylic acids is 1. The number of carbonyl (C=O) groups is 1. The number of hydrogen-bond donors (Lipinski definition) is 2. The van der Waals surface area contributed by atoms with Crippen LogP contribution >= 0.6 is 0 Å². The first-order valence-corrected chi connectivity index (χ1v) is 7.97. The summed E-state index contributed by atoms with van der Waals surface area (Å²) in [6.07, 6.45) is 2.01. The number of para-hydroxylation sites is 1. The molecule has 0 aromatic heterocycles. The summed E-state index contributed by atoms with van der Waals surface area (Å²) in [6, 6.07) is 13.3. The van der Waals surface area contributed by atoms with Crippen LogP contribution in [0.5, 0.6) is 5.75 Å². The fraction of sp³-hybridized carbons (Fsp3) is 0.316. The van der Waals surface area contributed by atoms with E-state index in [1.54, 1.807) is 0 Å². The van der Waals surface area contributed by atoms with Gasteiger partial charge in [0.05, 0.1) is 6.61 Å². The molecule has 0 heterocycles. The molecule has 0 atom stereocenters. The number of benzene rings is 2. The summed E-state index contributed by atoms with van der Waals surface area (Å²) in [7, 11) is 0. The number of ether oxygens (including phenoxy) is 1. The van der Waals surface area contributed by atoms with Crippen LogP contribution in [0.4, 0.5) is 11.4 Å². The molecule has 0 saturated carbocycles. The maximum atomic E-state index is 12.1. The molecule has 1 amide bonds. The molecule has 2 aromatic carbocycles. The van der Waals surface area contributed by atoms with E-state index >= 15 is 0 Å². The van der Waals surface area contributed by atoms with Crippen molar-refractivity contribution in [2.45, 2.75) is 33.1 Å². The lowest BCUT2D eigenvalue weighted by molar-refractivity contribution is -0.116. The molecular weight excluding hydrogens is 288 g/mol. The number of aryl methyl sites for hydroxylation is 2. The fourth-order valence-electron chi connectivity index (χ4n) is 2.31. The monoisotopic (exact) mass is 312 g/mol. The summed E-state index contributed by atoms with van der Waals surface area (Å²) in [5, 5.41) is 2.95. The molecule has 0 bridgehead atoms. The number of amides is 1. The Bertz CT molecular complexity index is 668. The second-order valence-electron chi connectivity index (χ2n) is 5.57. The van der Waals surface area contributed by atoms with Gasteiger partial charge in [-0.3, -0.25) is 4.79 Å². The van der Waals surface area contributed by atoms with Gasteiger partial charge in [-0.2, -0.15) is 0 Å². The zero-order valence-electron chi connectivity index (χ0n) is 13.8. The minimum absolute atomic E-state index is 0.0152. The van der Waals surface area contributed by atoms with E-state index in [1.165, 1.54) is 0 Å². The van der Waals surface area contributed by atoms with Gasteiger partial charge in [-0.25, -0.2) is 0 Å². The summed E-state index contributed by atoms with van der Waals surface area (Å²) in [5.74, 6) is 0.818. The van der Waals surface area contributed by atoms with Crippen LogP contribution in [0.25, 0.3) is 0 Å². The van der Waals surface area contributed by atoms with Gasteiger partial charge in [0.15, 0.2) is 0 Å². The standard InChI is InChI=1S/C19H24N2O2/c1-3-12-23-16-9-10-18(14(2)13-16)21-19(22)11-8-15-6-4-5-7-17(15)20/h4-7,9-10,13H,3,8,11-12,20H2,1-2H3,(H,21,22). The molecule has 0 fully saturated rings. The van der Waals surface area contributed by atoms with Gasteiger partial charge < -0.3 is 15.8 Å². The molecule has 0 spiro atoms. The number of nitrogens with one attached hydrogen (secondary N) is 1. The van der Waals surface area contributed by atoms with Gasteiger partial charge in [0.2, 0.25) is 5.91 Å². The van der Waals surface area contributed by atoms with Gasteiger partial charge in [-0.15, -0.1) is 0 Å². The molecule has 0 saturated heterocycles. The Morgan fingerprint density at radius 1 is 1.22 bits per heavy atom. The van der Waals surface area contributed by atoms with E-state index in [0.717, 1.165) is 34.7 Å². The van der Waals surface area contributed by atoms with Crippen molar-refractivity contribution in [3.63, 3.8) is 0 Å². The van der Waals surface area contributed by atoms with Crippen LogP contribution in [0.2, 0.25) is 0 Å². The molecule has 122 valence electrons. The number of hydrogen-bond acceptors (Lipinski definition) is 3. The van der Waals surface area contributed by atoms with Gasteiger partial charge in [-0.05, 0) is 55.2 Å². The van der Waals surface area contributed by atoms with Gasteiger partial charge in [0, 0.05) is 17.8 Å². The maximum Gasteiger partial charge on any atom is 0.224 e. The first-order valence-electron chi connectivity index (χ1n) is 7.97. The van der Waals surface area contributed by atoms with Crippen molar-refractivity contribution in [3.05, 3.63) is 53.6 Å². The van der Waals surface area contributed by atoms with Crippen molar-refractivity contribution in [2.24, 2.45) is 0 Å². The van der Waals surface area contributed by atoms with Crippen LogP contribution in [-0.4, -0.2) is 12.5 Å². The third kappa shape index (κ3) is 5.02. The molecule has 4 nitrogen and oxygen atoms in total. The highest BCUT2D eigenvalue weighted by Crippen LogP contribution is 2.22. The molecule has 0 aliphatic heterocycles. The number of rotatable bonds is 7. The zero-order valence-corrected chi connectivity index (χ0v) is 13.8. The summed E-state index contributed by atoms with van der Waals surface area (Å²) in [4.78, 5) is 12.1. The lowest BCUT2D eigenvalue weighted by atomic mass is 10.1. The maximum absolute atomic E-state index is 12.1. The third-order valence-electron chi connectivity index (χ3n) is 3.62. The van der Waals surface area contributed by atoms with E-state index in [4.69, 9.17) is 10.5 Å². The molecule has 0 unspecified atom stereocenters. The Hall–Kier alpha value is -2.49. The van der Waals surface area contributed by atoms with Crippen molar-refractivity contribution in [1.29, 1.82) is 0 Å². The minimum atomic E-state index is -0.0152. The normalized spacial score (nSPS) is 10.3. The molecule has 0 radical (unpaired) electrons. The Kier molecular flexibility index (Phi) is 6.03. The molecule has 2 rings (SSSR count). The van der Waals surface area contributed by atoms with Gasteiger partial charge in [0.1, 0.15) is 5.75 Å². The predicted octanol–water partition coefficient (Wildman–Crippen LogP) is 3.94. The third-order valence-corrected chi connectivity index (χ3v) is 3.62. The molecule has 2 aromatic rings. The summed E-state index contributed by atoms with van der Waals surface area (Å²) in [5.41, 5.74) is 9.44. The molecule has 0 aliphatic rings. The minimum Gasteiger partial charge on any atom is -0.494 e. The Morgan fingerprint density at radius 3 is 2.70 bits per heavy atom. The highest BCUT2D eigenvalue weighted by atomic mass is 16.5. The van der Waals surface area contributed by atoms with Crippen molar-refractivity contribution < 1.29 is 9.53 Å². The molecular formula is C19H24N2O2. The molecule has 4 heteroatoms. The van der Waals surface area contributed by atoms with E-state index in [-0.39, 0.29) is 5.91 Å². The van der Waals surface area contributed by atoms with Gasteiger partial charge >= 0.3 is 0 Å². The lowest BCUT2D eigenvalue weighted by Crippen LogP contribution is -2.13. The molecule has 23 heavy (non-hydrogen) atoms. The highest BCUT2D eigenvalue weighted by Gasteiger charge is 2.07. The highest BCUT2D eigenvalue weighted by molar-refractivity contribution is 5.91. The Balaban J connectivity index is 1.91. The summed E-state index contributed by atoms with van der Waals surface area (Å²) in [6.45, 7) is 4.73. The first-order chi connectivity index (χ1) is 11.1. The van der Waals surface area contributed by atoms with Crippen LogP contribution < -0.4 is 15.8 Å². The zero-order chi connectivity index (χ0) is 16.7. The Labute approximate surface area is 137 Å². The Morgan fingerprint density at radius 2 is 2.00 bits per heavy atom. The van der Waals surface area contributed by atoms with Crippen LogP contribution in [0.15, 0.2) is 42.5 Å².